The summed E-state index contributed by atoms with van der Waals surface area (Å²) in [6.07, 6.45) is 10.6. The zero-order valence-corrected chi connectivity index (χ0v) is 31.6. The first-order valence-corrected chi connectivity index (χ1v) is 19.5. The largest absolute Gasteiger partial charge is 0.265 e. The van der Waals surface area contributed by atoms with E-state index in [-0.39, 0.29) is 0 Å². The monoisotopic (exact) mass is 768 g/mol. The smallest absolute Gasteiger partial charge is 0.164 e. The number of hydrogen-bond donors (Lipinski definition) is 0. The molecule has 0 N–H and O–H groups in total. The number of nitrogens with zero attached hydrogens (tertiary/aromatic N) is 10. The minimum atomic E-state index is 0.562. The Hall–Kier alpha value is -8.50. The first-order valence-electron chi connectivity index (χ1n) is 19.5. The van der Waals surface area contributed by atoms with Crippen LogP contribution in [0.15, 0.2) is 171 Å². The molecule has 278 valence electrons. The quantitative estimate of drug-likeness (QED) is 0.151. The highest BCUT2D eigenvalue weighted by Gasteiger charge is 2.21. The molecule has 12 aromatic rings. The van der Waals surface area contributed by atoms with Crippen molar-refractivity contribution in [3.05, 3.63) is 171 Å². The van der Waals surface area contributed by atoms with Crippen LogP contribution in [0.5, 0.6) is 0 Å². The van der Waals surface area contributed by atoms with E-state index in [1.807, 2.05) is 72.8 Å². The molecule has 0 aliphatic carbocycles. The summed E-state index contributed by atoms with van der Waals surface area (Å²) in [7, 11) is 0. The van der Waals surface area contributed by atoms with E-state index in [0.29, 0.717) is 34.9 Å². The average Bonchev–Trinajstić information content (AvgIpc) is 3.33. The van der Waals surface area contributed by atoms with Crippen molar-refractivity contribution >= 4 is 54.1 Å². The van der Waals surface area contributed by atoms with Gasteiger partial charge in [0.25, 0.3) is 0 Å². The summed E-state index contributed by atoms with van der Waals surface area (Å²) in [4.78, 5) is 48.4. The molecule has 60 heavy (non-hydrogen) atoms. The predicted octanol–water partition coefficient (Wildman–Crippen LogP) is 10.8. The van der Waals surface area contributed by atoms with Crippen LogP contribution < -0.4 is 0 Å². The van der Waals surface area contributed by atoms with Crippen LogP contribution in [0.4, 0.5) is 0 Å². The van der Waals surface area contributed by atoms with Gasteiger partial charge in [0.1, 0.15) is 0 Å². The molecule has 6 aromatic carbocycles. The van der Waals surface area contributed by atoms with Crippen LogP contribution in [0.25, 0.3) is 122 Å². The van der Waals surface area contributed by atoms with Crippen molar-refractivity contribution in [2.45, 2.75) is 0 Å². The molecule has 0 unspecified atom stereocenters. The molecule has 6 aromatic heterocycles. The molecular formula is C50H28N10. The average molecular weight is 769 g/mol. The Morgan fingerprint density at radius 3 is 1.10 bits per heavy atom. The van der Waals surface area contributed by atoms with Gasteiger partial charge in [0.05, 0.1) is 11.0 Å². The first kappa shape index (κ1) is 33.6. The van der Waals surface area contributed by atoms with Crippen molar-refractivity contribution in [3.63, 3.8) is 0 Å². The van der Waals surface area contributed by atoms with Gasteiger partial charge in [0.15, 0.2) is 34.9 Å². The molecule has 12 rings (SSSR count). The van der Waals surface area contributed by atoms with Crippen molar-refractivity contribution < 1.29 is 0 Å². The fraction of sp³-hybridized carbons (Fsp3) is 0. The topological polar surface area (TPSA) is 129 Å². The summed E-state index contributed by atoms with van der Waals surface area (Å²) in [5, 5.41) is 8.39. The van der Waals surface area contributed by atoms with Gasteiger partial charge in [-0.25, -0.2) is 29.9 Å². The number of fused-ring (bicyclic) bond motifs is 2. The van der Waals surface area contributed by atoms with Gasteiger partial charge in [-0.05, 0) is 93.0 Å². The van der Waals surface area contributed by atoms with Gasteiger partial charge in [0, 0.05) is 81.3 Å². The minimum Gasteiger partial charge on any atom is -0.265 e. The summed E-state index contributed by atoms with van der Waals surface area (Å²) in [6.45, 7) is 0. The molecule has 0 saturated carbocycles. The maximum Gasteiger partial charge on any atom is 0.164 e. The lowest BCUT2D eigenvalue weighted by atomic mass is 9.89. The fourth-order valence-corrected chi connectivity index (χ4v) is 8.28. The van der Waals surface area contributed by atoms with Gasteiger partial charge in [-0.2, -0.15) is 0 Å². The molecule has 0 amide bonds. The molecule has 0 bridgehead atoms. The summed E-state index contributed by atoms with van der Waals surface area (Å²) in [6, 6.07) is 44.9. The first-order chi connectivity index (χ1) is 29.7. The van der Waals surface area contributed by atoms with Gasteiger partial charge in [0.2, 0.25) is 0 Å². The highest BCUT2D eigenvalue weighted by Crippen LogP contribution is 2.42. The van der Waals surface area contributed by atoms with E-state index in [0.717, 1.165) is 87.5 Å². The van der Waals surface area contributed by atoms with E-state index in [1.165, 1.54) is 0 Å². The second-order valence-corrected chi connectivity index (χ2v) is 14.5. The Balaban J connectivity index is 1.10. The molecule has 0 aliphatic rings. The molecule has 10 nitrogen and oxygen atoms in total. The van der Waals surface area contributed by atoms with E-state index < -0.39 is 0 Å². The van der Waals surface area contributed by atoms with Crippen molar-refractivity contribution in [2.75, 3.05) is 0 Å². The molecule has 0 radical (unpaired) electrons. The maximum absolute atomic E-state index is 5.25. The van der Waals surface area contributed by atoms with E-state index in [9.17, 15) is 0 Å². The van der Waals surface area contributed by atoms with Gasteiger partial charge >= 0.3 is 0 Å². The van der Waals surface area contributed by atoms with E-state index in [1.54, 1.807) is 37.2 Å². The molecule has 0 spiro atoms. The lowest BCUT2D eigenvalue weighted by molar-refractivity contribution is 1.07. The summed E-state index contributed by atoms with van der Waals surface area (Å²) in [5.74, 6) is 3.39. The van der Waals surface area contributed by atoms with Crippen LogP contribution in [-0.2, 0) is 0 Å². The molecule has 0 fully saturated rings. The molecule has 0 atom stereocenters. The maximum atomic E-state index is 5.25. The highest BCUT2D eigenvalue weighted by molar-refractivity contribution is 6.27. The Labute approximate surface area is 341 Å². The zero-order chi connectivity index (χ0) is 39.6. The number of aromatic nitrogens is 10. The van der Waals surface area contributed by atoms with Gasteiger partial charge in [-0.15, -0.1) is 0 Å². The predicted molar refractivity (Wildman–Crippen MR) is 236 cm³/mol. The molecule has 6 heterocycles. The Bertz CT molecular complexity index is 3450. The van der Waals surface area contributed by atoms with Crippen LogP contribution in [0.3, 0.4) is 0 Å². The van der Waals surface area contributed by atoms with Gasteiger partial charge < -0.3 is 0 Å². The van der Waals surface area contributed by atoms with Crippen LogP contribution in [0, 0.1) is 0 Å². The molecular weight excluding hydrogens is 741 g/mol. The fourth-order valence-electron chi connectivity index (χ4n) is 8.28. The zero-order valence-electron chi connectivity index (χ0n) is 31.6. The molecule has 10 heteroatoms. The Kier molecular flexibility index (Phi) is 7.60. The third kappa shape index (κ3) is 5.50. The number of benzene rings is 6. The lowest BCUT2D eigenvalue weighted by Gasteiger charge is -2.17. The third-order valence-corrected chi connectivity index (χ3v) is 11.1. The van der Waals surface area contributed by atoms with Crippen molar-refractivity contribution in [2.24, 2.45) is 0 Å². The summed E-state index contributed by atoms with van der Waals surface area (Å²) >= 11 is 0. The van der Waals surface area contributed by atoms with Gasteiger partial charge in [-0.3, -0.25) is 19.9 Å². The van der Waals surface area contributed by atoms with Crippen LogP contribution in [-0.4, -0.2) is 49.8 Å². The van der Waals surface area contributed by atoms with Crippen LogP contribution in [0.2, 0.25) is 0 Å². The second kappa shape index (κ2) is 13.6. The lowest BCUT2D eigenvalue weighted by Crippen LogP contribution is -2.02. The second-order valence-electron chi connectivity index (χ2n) is 14.5. The van der Waals surface area contributed by atoms with Crippen LogP contribution in [0.1, 0.15) is 0 Å². The van der Waals surface area contributed by atoms with Crippen LogP contribution >= 0.6 is 0 Å². The summed E-state index contributed by atoms with van der Waals surface area (Å²) in [5.41, 5.74) is 6.97. The van der Waals surface area contributed by atoms with Crippen molar-refractivity contribution in [1.29, 1.82) is 0 Å². The van der Waals surface area contributed by atoms with Gasteiger partial charge in [-0.1, -0.05) is 72.8 Å². The SMILES string of the molecule is c1cc(-c2nc(-c3cccc4ncccc34)nc(-c3ccc4ccc5c(-c6nc(-c7ccncc7)nc(-c7ccncc7)n6)ccc6ccc3c4c65)n2)c2cccnc2c1. The number of hydrogen-bond acceptors (Lipinski definition) is 10. The number of pyridine rings is 4. The highest BCUT2D eigenvalue weighted by atomic mass is 15.0. The molecule has 0 aliphatic heterocycles. The Morgan fingerprint density at radius 2 is 0.650 bits per heavy atom. The van der Waals surface area contributed by atoms with Crippen molar-refractivity contribution in [3.8, 4) is 68.3 Å². The Morgan fingerprint density at radius 1 is 0.267 bits per heavy atom. The standard InChI is InChI=1S/C50H28N10/c1-5-37(33-7-3-23-53-41(33)9-1)47-58-48(38-6-2-10-42-34(38)8-4-24-54-42)60-50(59-47)40-18-14-30-11-15-35-39(17-13-29-12-16-36(40)44(30)43(29)35)49-56-45(31-19-25-51-26-20-31)55-46(57-49)32-21-27-52-28-22-32/h1-28H. The summed E-state index contributed by atoms with van der Waals surface area (Å²) < 4.78 is 0. The third-order valence-electron chi connectivity index (χ3n) is 11.1. The minimum absolute atomic E-state index is 0.562. The molecule has 0 saturated heterocycles. The van der Waals surface area contributed by atoms with E-state index >= 15 is 0 Å². The van der Waals surface area contributed by atoms with E-state index in [2.05, 4.69) is 80.6 Å². The van der Waals surface area contributed by atoms with Crippen molar-refractivity contribution in [1.82, 2.24) is 49.8 Å². The normalized spacial score (nSPS) is 11.7. The number of rotatable bonds is 6. The van der Waals surface area contributed by atoms with E-state index in [4.69, 9.17) is 29.9 Å².